The van der Waals surface area contributed by atoms with Crippen LogP contribution in [0.5, 0.6) is 11.5 Å². The minimum atomic E-state index is -3.58. The third-order valence-electron chi connectivity index (χ3n) is 5.38. The molecule has 0 unspecified atom stereocenters. The van der Waals surface area contributed by atoms with Crippen LogP contribution in [-0.2, 0) is 16.6 Å². The van der Waals surface area contributed by atoms with Gasteiger partial charge in [0.2, 0.25) is 10.0 Å². The summed E-state index contributed by atoms with van der Waals surface area (Å²) in [5, 5.41) is 0.665. The van der Waals surface area contributed by atoms with E-state index >= 15 is 0 Å². The van der Waals surface area contributed by atoms with Crippen molar-refractivity contribution in [3.63, 3.8) is 0 Å². The molecule has 0 atom stereocenters. The molecule has 0 fully saturated rings. The second kappa shape index (κ2) is 10.6. The molecule has 1 heterocycles. The van der Waals surface area contributed by atoms with Crippen molar-refractivity contribution in [1.82, 2.24) is 13.9 Å². The van der Waals surface area contributed by atoms with Crippen LogP contribution in [0.2, 0.25) is 0 Å². The second-order valence-electron chi connectivity index (χ2n) is 7.16. The lowest BCUT2D eigenvalue weighted by molar-refractivity contribution is 0.102. The van der Waals surface area contributed by atoms with Gasteiger partial charge in [0.15, 0.2) is 22.4 Å². The summed E-state index contributed by atoms with van der Waals surface area (Å²) in [5.41, 5.74) is 1.94. The van der Waals surface area contributed by atoms with Crippen molar-refractivity contribution in [3.05, 3.63) is 42.0 Å². The Labute approximate surface area is 198 Å². The summed E-state index contributed by atoms with van der Waals surface area (Å²) in [6, 6.07) is 10.1. The summed E-state index contributed by atoms with van der Waals surface area (Å²) in [6.07, 6.45) is 0. The van der Waals surface area contributed by atoms with E-state index in [2.05, 4.69) is 4.98 Å². The zero-order valence-electron chi connectivity index (χ0n) is 19.5. The Morgan fingerprint density at radius 1 is 1.03 bits per heavy atom. The third-order valence-corrected chi connectivity index (χ3v) is 8.40. The first kappa shape index (κ1) is 25.1. The van der Waals surface area contributed by atoms with Crippen molar-refractivity contribution in [2.75, 3.05) is 33.1 Å². The lowest BCUT2D eigenvalue weighted by Gasteiger charge is -2.18. The van der Waals surface area contributed by atoms with Crippen LogP contribution in [0, 0.1) is 0 Å². The van der Waals surface area contributed by atoms with Crippen molar-refractivity contribution in [2.24, 2.45) is 0 Å². The predicted molar refractivity (Wildman–Crippen MR) is 130 cm³/mol. The fourth-order valence-corrected chi connectivity index (χ4v) is 6.05. The average molecular weight is 492 g/mol. The largest absolute Gasteiger partial charge is 0.493 e. The first-order valence-electron chi connectivity index (χ1n) is 10.7. The van der Waals surface area contributed by atoms with Crippen molar-refractivity contribution >= 4 is 38.6 Å². The lowest BCUT2D eigenvalue weighted by atomic mass is 10.1. The summed E-state index contributed by atoms with van der Waals surface area (Å²) in [4.78, 5) is 17.6. The van der Waals surface area contributed by atoms with Crippen molar-refractivity contribution in [2.45, 2.75) is 37.4 Å². The molecular weight excluding hydrogens is 462 g/mol. The summed E-state index contributed by atoms with van der Waals surface area (Å²) in [6.45, 7) is 7.07. The van der Waals surface area contributed by atoms with Gasteiger partial charge in [-0.2, -0.15) is 4.31 Å². The van der Waals surface area contributed by atoms with E-state index in [0.29, 0.717) is 47.4 Å². The summed E-state index contributed by atoms with van der Waals surface area (Å²) in [5.74, 6) is 1.17. The quantitative estimate of drug-likeness (QED) is 0.295. The number of sulfonamides is 1. The number of aryl methyl sites for hydroxylation is 1. The van der Waals surface area contributed by atoms with E-state index in [9.17, 15) is 13.2 Å². The SMILES string of the molecule is CCN(CC)S(=O)(=O)c1ccc2c(c1)nc(SCC(=O)c1ccc(OC)c(OC)c1)n2CC. The van der Waals surface area contributed by atoms with Crippen molar-refractivity contribution in [1.29, 1.82) is 0 Å². The number of aromatic nitrogens is 2. The first-order valence-corrected chi connectivity index (χ1v) is 13.1. The standard InChI is InChI=1S/C23H29N3O5S2/c1-6-25(7-2)33(28,29)17-10-11-19-18(14-17)24-23(26(19)8-3)32-15-20(27)16-9-12-21(30-4)22(13-16)31-5/h9-14H,6-8,15H2,1-5H3. The van der Waals surface area contributed by atoms with Crippen molar-refractivity contribution < 1.29 is 22.7 Å². The average Bonchev–Trinajstić information content (AvgIpc) is 3.19. The van der Waals surface area contributed by atoms with E-state index in [1.54, 1.807) is 43.5 Å². The smallest absolute Gasteiger partial charge is 0.243 e. The Balaban J connectivity index is 1.87. The number of imidazole rings is 1. The van der Waals surface area contributed by atoms with Crippen LogP contribution in [0.3, 0.4) is 0 Å². The molecule has 0 aliphatic rings. The zero-order valence-corrected chi connectivity index (χ0v) is 21.1. The Bertz CT molecular complexity index is 1250. The van der Waals surface area contributed by atoms with Gasteiger partial charge in [0.05, 0.1) is 35.9 Å². The summed E-state index contributed by atoms with van der Waals surface area (Å²) >= 11 is 1.32. The van der Waals surface area contributed by atoms with E-state index < -0.39 is 10.0 Å². The number of carbonyl (C=O) groups excluding carboxylic acids is 1. The number of rotatable bonds is 11. The number of hydrogen-bond acceptors (Lipinski definition) is 7. The molecule has 1 aromatic heterocycles. The number of nitrogens with zero attached hydrogens (tertiary/aromatic N) is 3. The Hall–Kier alpha value is -2.56. The first-order chi connectivity index (χ1) is 15.8. The number of ketones is 1. The number of benzene rings is 2. The molecule has 10 heteroatoms. The monoisotopic (exact) mass is 491 g/mol. The maximum atomic E-state index is 12.9. The van der Waals surface area contributed by atoms with E-state index in [1.165, 1.54) is 23.2 Å². The van der Waals surface area contributed by atoms with Crippen LogP contribution >= 0.6 is 11.8 Å². The van der Waals surface area contributed by atoms with E-state index in [0.717, 1.165) is 5.52 Å². The van der Waals surface area contributed by atoms with Crippen LogP contribution in [0.1, 0.15) is 31.1 Å². The molecule has 3 rings (SSSR count). The highest BCUT2D eigenvalue weighted by Crippen LogP contribution is 2.30. The summed E-state index contributed by atoms with van der Waals surface area (Å²) < 4.78 is 39.7. The molecule has 0 aliphatic carbocycles. The molecule has 178 valence electrons. The van der Waals surface area contributed by atoms with Gasteiger partial charge in [0.25, 0.3) is 0 Å². The number of thioether (sulfide) groups is 1. The molecule has 0 aliphatic heterocycles. The molecule has 3 aromatic rings. The molecule has 0 spiro atoms. The van der Waals surface area contributed by atoms with Gasteiger partial charge in [-0.1, -0.05) is 25.6 Å². The minimum absolute atomic E-state index is 0.0690. The predicted octanol–water partition coefficient (Wildman–Crippen LogP) is 4.08. The maximum Gasteiger partial charge on any atom is 0.243 e. The van der Waals surface area contributed by atoms with Gasteiger partial charge in [0, 0.05) is 25.2 Å². The van der Waals surface area contributed by atoms with Crippen molar-refractivity contribution in [3.8, 4) is 11.5 Å². The molecular formula is C23H29N3O5S2. The number of hydrogen-bond donors (Lipinski definition) is 0. The van der Waals surface area contributed by atoms with Gasteiger partial charge in [0.1, 0.15) is 0 Å². The van der Waals surface area contributed by atoms with Crippen LogP contribution in [-0.4, -0.2) is 61.1 Å². The van der Waals surface area contributed by atoms with Gasteiger partial charge in [-0.3, -0.25) is 4.79 Å². The van der Waals surface area contributed by atoms with E-state index in [4.69, 9.17) is 9.47 Å². The minimum Gasteiger partial charge on any atom is -0.493 e. The highest BCUT2D eigenvalue weighted by Gasteiger charge is 2.23. The molecule has 8 nitrogen and oxygen atoms in total. The molecule has 33 heavy (non-hydrogen) atoms. The number of fused-ring (bicyclic) bond motifs is 1. The fraction of sp³-hybridized carbons (Fsp3) is 0.391. The molecule has 2 aromatic carbocycles. The highest BCUT2D eigenvalue weighted by molar-refractivity contribution is 7.99. The van der Waals surface area contributed by atoms with Gasteiger partial charge >= 0.3 is 0 Å². The highest BCUT2D eigenvalue weighted by atomic mass is 32.2. The molecule has 0 saturated carbocycles. The van der Waals surface area contributed by atoms with Gasteiger partial charge in [-0.25, -0.2) is 13.4 Å². The zero-order chi connectivity index (χ0) is 24.2. The van der Waals surface area contributed by atoms with Crippen LogP contribution in [0.4, 0.5) is 0 Å². The van der Waals surface area contributed by atoms with Crippen LogP contribution < -0.4 is 9.47 Å². The van der Waals surface area contributed by atoms with Crippen LogP contribution in [0.25, 0.3) is 11.0 Å². The molecule has 0 bridgehead atoms. The fourth-order valence-electron chi connectivity index (χ4n) is 3.60. The topological polar surface area (TPSA) is 90.7 Å². The third kappa shape index (κ3) is 5.02. The second-order valence-corrected chi connectivity index (χ2v) is 10.0. The lowest BCUT2D eigenvalue weighted by Crippen LogP contribution is -2.30. The van der Waals surface area contributed by atoms with E-state index in [-0.39, 0.29) is 16.4 Å². The number of ether oxygens (including phenoxy) is 2. The molecule has 0 amide bonds. The number of Topliss-reactive ketones (excluding diaryl/α,β-unsaturated/α-hetero) is 1. The van der Waals surface area contributed by atoms with Gasteiger partial charge in [-0.15, -0.1) is 0 Å². The Morgan fingerprint density at radius 2 is 1.73 bits per heavy atom. The maximum absolute atomic E-state index is 12.9. The Kier molecular flexibility index (Phi) is 8.04. The number of methoxy groups -OCH3 is 2. The van der Waals surface area contributed by atoms with Gasteiger partial charge in [-0.05, 0) is 43.3 Å². The molecule has 0 saturated heterocycles. The molecule has 0 N–H and O–H groups in total. The summed E-state index contributed by atoms with van der Waals surface area (Å²) in [7, 11) is -0.504. The van der Waals surface area contributed by atoms with E-state index in [1.807, 2.05) is 25.3 Å². The molecule has 0 radical (unpaired) electrons. The van der Waals surface area contributed by atoms with Gasteiger partial charge < -0.3 is 14.0 Å². The number of carbonyl (C=O) groups is 1. The Morgan fingerprint density at radius 3 is 2.33 bits per heavy atom. The normalized spacial score (nSPS) is 11.8. The van der Waals surface area contributed by atoms with Crippen LogP contribution in [0.15, 0.2) is 46.5 Å².